The minimum absolute atomic E-state index is 0.215. The number of aromatic nitrogens is 2. The fourth-order valence-electron chi connectivity index (χ4n) is 1.20. The molecule has 5 heteroatoms. The molecule has 0 aliphatic carbocycles. The summed E-state index contributed by atoms with van der Waals surface area (Å²) in [4.78, 5) is 7.27. The Morgan fingerprint density at radius 2 is 2.50 bits per heavy atom. The molecule has 14 heavy (non-hydrogen) atoms. The Hall–Kier alpha value is -1.00. The van der Waals surface area contributed by atoms with E-state index in [1.54, 1.807) is 6.20 Å². The van der Waals surface area contributed by atoms with Crippen molar-refractivity contribution in [3.05, 3.63) is 34.6 Å². The lowest BCUT2D eigenvalue weighted by Gasteiger charge is -2.10. The van der Waals surface area contributed by atoms with Crippen LogP contribution in [0, 0.1) is 0 Å². The molecule has 0 saturated heterocycles. The molecule has 3 nitrogen and oxygen atoms in total. The van der Waals surface area contributed by atoms with E-state index in [2.05, 4.69) is 22.2 Å². The second-order valence-electron chi connectivity index (χ2n) is 2.96. The van der Waals surface area contributed by atoms with Crippen molar-refractivity contribution in [2.45, 2.75) is 13.0 Å². The first-order chi connectivity index (χ1) is 6.75. The largest absolute Gasteiger partial charge is 0.363 e. The van der Waals surface area contributed by atoms with Crippen LogP contribution in [0.15, 0.2) is 24.5 Å². The molecule has 0 aliphatic heterocycles. The van der Waals surface area contributed by atoms with Gasteiger partial charge >= 0.3 is 0 Å². The van der Waals surface area contributed by atoms with Gasteiger partial charge in [0.15, 0.2) is 5.13 Å². The number of thiazole rings is 1. The first-order valence-corrected chi connectivity index (χ1v) is 5.46. The van der Waals surface area contributed by atoms with E-state index in [-0.39, 0.29) is 6.04 Å². The molecule has 2 heterocycles. The van der Waals surface area contributed by atoms with Crippen molar-refractivity contribution in [2.75, 3.05) is 5.32 Å². The van der Waals surface area contributed by atoms with Crippen molar-refractivity contribution in [1.29, 1.82) is 0 Å². The van der Waals surface area contributed by atoms with Gasteiger partial charge in [0.25, 0.3) is 0 Å². The average Bonchev–Trinajstić information content (AvgIpc) is 2.75. The fraction of sp³-hybridized carbons (Fsp3) is 0.222. The highest BCUT2D eigenvalue weighted by Crippen LogP contribution is 2.25. The summed E-state index contributed by atoms with van der Waals surface area (Å²) >= 11 is 7.22. The second-order valence-corrected chi connectivity index (χ2v) is 4.62. The summed E-state index contributed by atoms with van der Waals surface area (Å²) in [7, 11) is 0. The van der Waals surface area contributed by atoms with E-state index in [0.717, 1.165) is 10.8 Å². The highest BCUT2D eigenvalue weighted by molar-refractivity contribution is 7.19. The lowest BCUT2D eigenvalue weighted by Crippen LogP contribution is -2.06. The van der Waals surface area contributed by atoms with E-state index >= 15 is 0 Å². The van der Waals surface area contributed by atoms with Gasteiger partial charge in [-0.25, -0.2) is 4.98 Å². The average molecular weight is 228 g/mol. The van der Waals surface area contributed by atoms with Crippen LogP contribution in [0.3, 0.4) is 0 Å². The summed E-state index contributed by atoms with van der Waals surface area (Å²) in [5.41, 5.74) is 1.14. The highest BCUT2D eigenvalue weighted by atomic mass is 35.5. The van der Waals surface area contributed by atoms with Gasteiger partial charge in [-0.15, -0.1) is 0 Å². The number of rotatable bonds is 3. The monoisotopic (exact) mass is 227 g/mol. The SMILES string of the molecule is CC(Nc1ncc(Cl)s1)c1ccc[nH]1. The van der Waals surface area contributed by atoms with Gasteiger partial charge < -0.3 is 10.3 Å². The molecule has 0 bridgehead atoms. The quantitative estimate of drug-likeness (QED) is 0.845. The van der Waals surface area contributed by atoms with Gasteiger partial charge in [-0.3, -0.25) is 0 Å². The molecule has 0 radical (unpaired) electrons. The molecule has 2 aromatic rings. The molecule has 74 valence electrons. The van der Waals surface area contributed by atoms with E-state index in [4.69, 9.17) is 11.6 Å². The zero-order valence-corrected chi connectivity index (χ0v) is 9.19. The Kier molecular flexibility index (Phi) is 2.74. The third-order valence-corrected chi connectivity index (χ3v) is 2.95. The molecule has 1 unspecified atom stereocenters. The van der Waals surface area contributed by atoms with E-state index < -0.39 is 0 Å². The summed E-state index contributed by atoms with van der Waals surface area (Å²) in [6, 6.07) is 4.22. The number of nitrogens with one attached hydrogen (secondary N) is 2. The fourth-order valence-corrected chi connectivity index (χ4v) is 2.10. The molecule has 0 saturated carbocycles. The first kappa shape index (κ1) is 9.55. The zero-order valence-electron chi connectivity index (χ0n) is 7.62. The van der Waals surface area contributed by atoms with E-state index in [1.165, 1.54) is 11.3 Å². The predicted octanol–water partition coefficient (Wildman–Crippen LogP) is 3.30. The number of anilines is 1. The molecule has 0 aromatic carbocycles. The Morgan fingerprint density at radius 1 is 1.64 bits per heavy atom. The van der Waals surface area contributed by atoms with Gasteiger partial charge in [-0.05, 0) is 19.1 Å². The summed E-state index contributed by atoms with van der Waals surface area (Å²) in [5.74, 6) is 0. The van der Waals surface area contributed by atoms with E-state index in [0.29, 0.717) is 4.34 Å². The van der Waals surface area contributed by atoms with Gasteiger partial charge in [0, 0.05) is 11.9 Å². The van der Waals surface area contributed by atoms with Gasteiger partial charge in [-0.1, -0.05) is 22.9 Å². The molecule has 2 rings (SSSR count). The lowest BCUT2D eigenvalue weighted by molar-refractivity contribution is 0.847. The molecule has 0 amide bonds. The molecule has 0 fully saturated rings. The van der Waals surface area contributed by atoms with Gasteiger partial charge in [0.05, 0.1) is 12.2 Å². The lowest BCUT2D eigenvalue weighted by atomic mass is 10.2. The van der Waals surface area contributed by atoms with Crippen LogP contribution in [0.4, 0.5) is 5.13 Å². The number of aromatic amines is 1. The van der Waals surface area contributed by atoms with Crippen LogP contribution >= 0.6 is 22.9 Å². The Labute approximate surface area is 91.1 Å². The molecule has 0 spiro atoms. The number of nitrogens with zero attached hydrogens (tertiary/aromatic N) is 1. The van der Waals surface area contributed by atoms with Crippen molar-refractivity contribution in [3.8, 4) is 0 Å². The summed E-state index contributed by atoms with van der Waals surface area (Å²) < 4.78 is 0.700. The summed E-state index contributed by atoms with van der Waals surface area (Å²) in [6.07, 6.45) is 3.55. The van der Waals surface area contributed by atoms with E-state index in [1.807, 2.05) is 18.3 Å². The molecular weight excluding hydrogens is 218 g/mol. The minimum atomic E-state index is 0.215. The predicted molar refractivity (Wildman–Crippen MR) is 60.0 cm³/mol. The summed E-state index contributed by atoms with van der Waals surface area (Å²) in [6.45, 7) is 2.07. The Balaban J connectivity index is 2.05. The van der Waals surface area contributed by atoms with Crippen LogP contribution in [0.5, 0.6) is 0 Å². The van der Waals surface area contributed by atoms with Crippen LogP contribution in [-0.4, -0.2) is 9.97 Å². The minimum Gasteiger partial charge on any atom is -0.363 e. The molecule has 2 aromatic heterocycles. The molecule has 1 atom stereocenters. The third-order valence-electron chi connectivity index (χ3n) is 1.91. The smallest absolute Gasteiger partial charge is 0.184 e. The normalized spacial score (nSPS) is 12.7. The first-order valence-electron chi connectivity index (χ1n) is 4.27. The maximum absolute atomic E-state index is 5.78. The number of H-pyrrole nitrogens is 1. The van der Waals surface area contributed by atoms with Crippen molar-refractivity contribution < 1.29 is 0 Å². The van der Waals surface area contributed by atoms with Crippen molar-refractivity contribution >= 4 is 28.1 Å². The Bertz CT molecular complexity index is 396. The second kappa shape index (κ2) is 4.02. The maximum Gasteiger partial charge on any atom is 0.184 e. The highest BCUT2D eigenvalue weighted by Gasteiger charge is 2.07. The van der Waals surface area contributed by atoms with Crippen LogP contribution < -0.4 is 5.32 Å². The van der Waals surface area contributed by atoms with E-state index in [9.17, 15) is 0 Å². The third kappa shape index (κ3) is 2.08. The van der Waals surface area contributed by atoms with Crippen LogP contribution in [-0.2, 0) is 0 Å². The van der Waals surface area contributed by atoms with Crippen LogP contribution in [0.2, 0.25) is 4.34 Å². The van der Waals surface area contributed by atoms with Crippen LogP contribution in [0.25, 0.3) is 0 Å². The van der Waals surface area contributed by atoms with Crippen LogP contribution in [0.1, 0.15) is 18.7 Å². The Morgan fingerprint density at radius 3 is 3.07 bits per heavy atom. The molecular formula is C9H10ClN3S. The van der Waals surface area contributed by atoms with Gasteiger partial charge in [0.2, 0.25) is 0 Å². The van der Waals surface area contributed by atoms with Crippen molar-refractivity contribution in [3.63, 3.8) is 0 Å². The molecule has 0 aliphatic rings. The topological polar surface area (TPSA) is 40.7 Å². The maximum atomic E-state index is 5.78. The van der Waals surface area contributed by atoms with Crippen molar-refractivity contribution in [1.82, 2.24) is 9.97 Å². The van der Waals surface area contributed by atoms with Gasteiger partial charge in [-0.2, -0.15) is 0 Å². The molecule has 2 N–H and O–H groups in total. The zero-order chi connectivity index (χ0) is 9.97. The number of hydrogen-bond donors (Lipinski definition) is 2. The van der Waals surface area contributed by atoms with Crippen molar-refractivity contribution in [2.24, 2.45) is 0 Å². The van der Waals surface area contributed by atoms with Gasteiger partial charge in [0.1, 0.15) is 4.34 Å². The number of hydrogen-bond acceptors (Lipinski definition) is 3. The number of halogens is 1. The summed E-state index contributed by atoms with van der Waals surface area (Å²) in [5, 5.41) is 4.10. The standard InChI is InChI=1S/C9H10ClN3S/c1-6(7-3-2-4-11-7)13-9-12-5-8(10)14-9/h2-6,11H,1H3,(H,12,13).